The Morgan fingerprint density at radius 1 is 1.35 bits per heavy atom. The number of rotatable bonds is 6. The lowest BCUT2D eigenvalue weighted by atomic mass is 10.0. The minimum Gasteiger partial charge on any atom is -0.462 e. The maximum Gasteiger partial charge on any atom is 0.387 e. The lowest BCUT2D eigenvalue weighted by molar-refractivity contribution is -0.116. The maximum absolute atomic E-state index is 12.2. The van der Waals surface area contributed by atoms with Gasteiger partial charge in [-0.3, -0.25) is 4.79 Å². The van der Waals surface area contributed by atoms with Gasteiger partial charge in [-0.2, -0.15) is 8.78 Å². The van der Waals surface area contributed by atoms with E-state index < -0.39 is 18.0 Å². The molecule has 0 aliphatic carbocycles. The quantitative estimate of drug-likeness (QED) is 0.597. The molecule has 0 saturated carbocycles. The molecule has 4 nitrogen and oxygen atoms in total. The van der Waals surface area contributed by atoms with Crippen LogP contribution < -0.4 is 4.74 Å². The number of esters is 1. The summed E-state index contributed by atoms with van der Waals surface area (Å²) in [6.07, 6.45) is 0. The van der Waals surface area contributed by atoms with Crippen molar-refractivity contribution in [3.8, 4) is 5.75 Å². The number of alkyl halides is 3. The van der Waals surface area contributed by atoms with Crippen LogP contribution in [0.15, 0.2) is 18.2 Å². The SMILES string of the molecule is CCOC(=O)c1cc(OC(F)F)ccc1C(Cl)C(C)=O. The molecule has 110 valence electrons. The van der Waals surface area contributed by atoms with E-state index in [2.05, 4.69) is 4.74 Å². The first kappa shape index (κ1) is 16.4. The summed E-state index contributed by atoms with van der Waals surface area (Å²) in [6.45, 7) is -0.0581. The number of halogens is 3. The Kier molecular flexibility index (Phi) is 5.88. The van der Waals surface area contributed by atoms with Crippen molar-refractivity contribution in [3.63, 3.8) is 0 Å². The average molecular weight is 307 g/mol. The zero-order valence-corrected chi connectivity index (χ0v) is 11.6. The molecule has 0 aliphatic heterocycles. The van der Waals surface area contributed by atoms with E-state index in [1.54, 1.807) is 6.92 Å². The van der Waals surface area contributed by atoms with Crippen LogP contribution >= 0.6 is 11.6 Å². The van der Waals surface area contributed by atoms with Crippen LogP contribution in [0.3, 0.4) is 0 Å². The Bertz CT molecular complexity index is 505. The largest absolute Gasteiger partial charge is 0.462 e. The summed E-state index contributed by atoms with van der Waals surface area (Å²) in [5.74, 6) is -1.34. The van der Waals surface area contributed by atoms with Crippen LogP contribution in [0.1, 0.15) is 35.1 Å². The van der Waals surface area contributed by atoms with Gasteiger partial charge < -0.3 is 9.47 Å². The highest BCUT2D eigenvalue weighted by Gasteiger charge is 2.23. The van der Waals surface area contributed by atoms with Gasteiger partial charge in [0.1, 0.15) is 11.1 Å². The summed E-state index contributed by atoms with van der Waals surface area (Å²) in [5.41, 5.74) is 0.124. The first-order valence-electron chi connectivity index (χ1n) is 5.77. The highest BCUT2D eigenvalue weighted by Crippen LogP contribution is 2.29. The second kappa shape index (κ2) is 7.19. The minimum absolute atomic E-state index is 0.0693. The van der Waals surface area contributed by atoms with Crippen molar-refractivity contribution in [2.75, 3.05) is 6.61 Å². The van der Waals surface area contributed by atoms with Gasteiger partial charge in [-0.15, -0.1) is 11.6 Å². The standard InChI is InChI=1S/C13H13ClF2O4/c1-3-19-12(18)10-6-8(20-13(15)16)4-5-9(10)11(14)7(2)17/h4-6,11,13H,3H2,1-2H3. The number of carbonyl (C=O) groups is 2. The molecule has 0 saturated heterocycles. The molecule has 0 N–H and O–H groups in total. The normalized spacial score (nSPS) is 12.1. The van der Waals surface area contributed by atoms with Gasteiger partial charge in [-0.05, 0) is 31.5 Å². The second-order valence-corrected chi connectivity index (χ2v) is 4.26. The molecule has 0 spiro atoms. The predicted molar refractivity (Wildman–Crippen MR) is 68.3 cm³/mol. The molecule has 0 aromatic heterocycles. The van der Waals surface area contributed by atoms with E-state index in [9.17, 15) is 18.4 Å². The van der Waals surface area contributed by atoms with E-state index in [0.29, 0.717) is 0 Å². The zero-order chi connectivity index (χ0) is 15.3. The monoisotopic (exact) mass is 306 g/mol. The van der Waals surface area contributed by atoms with Gasteiger partial charge in [-0.25, -0.2) is 4.79 Å². The maximum atomic E-state index is 12.2. The third kappa shape index (κ3) is 4.16. The molecular formula is C13H13ClF2O4. The molecule has 0 radical (unpaired) electrons. The molecule has 0 heterocycles. The van der Waals surface area contributed by atoms with Crippen molar-refractivity contribution < 1.29 is 27.8 Å². The van der Waals surface area contributed by atoms with Crippen molar-refractivity contribution in [2.45, 2.75) is 25.8 Å². The molecule has 7 heteroatoms. The first-order valence-corrected chi connectivity index (χ1v) is 6.20. The molecule has 20 heavy (non-hydrogen) atoms. The zero-order valence-electron chi connectivity index (χ0n) is 10.9. The number of ether oxygens (including phenoxy) is 2. The molecule has 1 aromatic rings. The van der Waals surface area contributed by atoms with Gasteiger partial charge in [0.25, 0.3) is 0 Å². The van der Waals surface area contributed by atoms with E-state index in [1.165, 1.54) is 19.1 Å². The van der Waals surface area contributed by atoms with Crippen LogP contribution in [-0.2, 0) is 9.53 Å². The highest BCUT2D eigenvalue weighted by atomic mass is 35.5. The third-order valence-electron chi connectivity index (χ3n) is 2.38. The van der Waals surface area contributed by atoms with Gasteiger partial charge >= 0.3 is 12.6 Å². The van der Waals surface area contributed by atoms with E-state index in [4.69, 9.17) is 16.3 Å². The Hall–Kier alpha value is -1.69. The van der Waals surface area contributed by atoms with E-state index in [0.717, 1.165) is 6.07 Å². The number of hydrogen-bond donors (Lipinski definition) is 0. The van der Waals surface area contributed by atoms with Crippen LogP contribution in [0.4, 0.5) is 8.78 Å². The summed E-state index contributed by atoms with van der Waals surface area (Å²) >= 11 is 5.90. The second-order valence-electron chi connectivity index (χ2n) is 3.82. The minimum atomic E-state index is -3.02. The van der Waals surface area contributed by atoms with Crippen molar-refractivity contribution >= 4 is 23.4 Å². The number of carbonyl (C=O) groups excluding carboxylic acids is 2. The van der Waals surface area contributed by atoms with Gasteiger partial charge in [0.05, 0.1) is 12.2 Å². The van der Waals surface area contributed by atoms with Crippen LogP contribution in [-0.4, -0.2) is 25.0 Å². The van der Waals surface area contributed by atoms with Crippen LogP contribution in [0.5, 0.6) is 5.75 Å². The predicted octanol–water partition coefficient (Wildman–Crippen LogP) is 3.33. The van der Waals surface area contributed by atoms with Crippen molar-refractivity contribution in [3.05, 3.63) is 29.3 Å². The smallest absolute Gasteiger partial charge is 0.387 e. The van der Waals surface area contributed by atoms with Crippen LogP contribution in [0.2, 0.25) is 0 Å². The van der Waals surface area contributed by atoms with E-state index in [1.807, 2.05) is 0 Å². The number of Topliss-reactive ketones (excluding diaryl/α,β-unsaturated/α-hetero) is 1. The van der Waals surface area contributed by atoms with Crippen molar-refractivity contribution in [2.24, 2.45) is 0 Å². The van der Waals surface area contributed by atoms with Crippen LogP contribution in [0, 0.1) is 0 Å². The number of ketones is 1. The fraction of sp³-hybridized carbons (Fsp3) is 0.385. The van der Waals surface area contributed by atoms with Gasteiger partial charge in [0.15, 0.2) is 5.78 Å². The van der Waals surface area contributed by atoms with Crippen molar-refractivity contribution in [1.82, 2.24) is 0 Å². The molecule has 1 atom stereocenters. The summed E-state index contributed by atoms with van der Waals surface area (Å²) < 4.78 is 33.4. The Morgan fingerprint density at radius 2 is 2.00 bits per heavy atom. The van der Waals surface area contributed by atoms with E-state index >= 15 is 0 Å². The summed E-state index contributed by atoms with van der Waals surface area (Å²) in [5, 5.41) is -1.06. The van der Waals surface area contributed by atoms with E-state index in [-0.39, 0.29) is 29.3 Å². The summed E-state index contributed by atoms with van der Waals surface area (Å²) in [4.78, 5) is 23.1. The third-order valence-corrected chi connectivity index (χ3v) is 2.92. The number of hydrogen-bond acceptors (Lipinski definition) is 4. The molecule has 1 aromatic carbocycles. The van der Waals surface area contributed by atoms with Gasteiger partial charge in [0.2, 0.25) is 0 Å². The average Bonchev–Trinajstić information content (AvgIpc) is 2.37. The number of benzene rings is 1. The molecule has 0 amide bonds. The topological polar surface area (TPSA) is 52.6 Å². The Labute approximate surface area is 119 Å². The summed E-state index contributed by atoms with van der Waals surface area (Å²) in [6, 6.07) is 3.59. The van der Waals surface area contributed by atoms with Crippen LogP contribution in [0.25, 0.3) is 0 Å². The molecule has 0 fully saturated rings. The fourth-order valence-corrected chi connectivity index (χ4v) is 1.73. The molecule has 0 bridgehead atoms. The summed E-state index contributed by atoms with van der Waals surface area (Å²) in [7, 11) is 0. The highest BCUT2D eigenvalue weighted by molar-refractivity contribution is 6.31. The molecule has 1 rings (SSSR count). The Morgan fingerprint density at radius 3 is 2.50 bits per heavy atom. The lowest BCUT2D eigenvalue weighted by Crippen LogP contribution is -2.13. The van der Waals surface area contributed by atoms with Gasteiger partial charge in [-0.1, -0.05) is 6.07 Å². The lowest BCUT2D eigenvalue weighted by Gasteiger charge is -2.14. The van der Waals surface area contributed by atoms with Crippen molar-refractivity contribution in [1.29, 1.82) is 0 Å². The Balaban J connectivity index is 3.22. The molecule has 1 unspecified atom stereocenters. The fourth-order valence-electron chi connectivity index (χ4n) is 1.54. The molecule has 0 aliphatic rings. The molecular weight excluding hydrogens is 294 g/mol. The van der Waals surface area contributed by atoms with Gasteiger partial charge in [0, 0.05) is 0 Å². The first-order chi connectivity index (χ1) is 9.36.